The number of hydrogen-bond donors (Lipinski definition) is 2. The number of hydrogen-bond acceptors (Lipinski definition) is 7. The summed E-state index contributed by atoms with van der Waals surface area (Å²) >= 11 is 0. The largest absolute Gasteiger partial charge is 0.497 e. The first-order valence-corrected chi connectivity index (χ1v) is 13.5. The van der Waals surface area contributed by atoms with E-state index in [1.807, 2.05) is 36.4 Å². The maximum absolute atomic E-state index is 13.0. The number of ether oxygens (including phenoxy) is 3. The zero-order valence-electron chi connectivity index (χ0n) is 22.5. The first-order valence-electron chi connectivity index (χ1n) is 13.5. The fourth-order valence-corrected chi connectivity index (χ4v) is 5.24. The number of amides is 1. The monoisotopic (exact) mass is 532 g/mol. The molecule has 0 spiro atoms. The van der Waals surface area contributed by atoms with Crippen LogP contribution in [0.2, 0.25) is 0 Å². The Kier molecular flexibility index (Phi) is 8.48. The molecule has 2 aromatic carbocycles. The fraction of sp³-hybridized carbons (Fsp3) is 0.400. The summed E-state index contributed by atoms with van der Waals surface area (Å²) in [5.41, 5.74) is 2.08. The highest BCUT2D eigenvalue weighted by molar-refractivity contribution is 6.06. The summed E-state index contributed by atoms with van der Waals surface area (Å²) < 4.78 is 18.8. The highest BCUT2D eigenvalue weighted by atomic mass is 16.7. The van der Waals surface area contributed by atoms with E-state index in [-0.39, 0.29) is 17.8 Å². The Morgan fingerprint density at radius 1 is 1.08 bits per heavy atom. The molecule has 1 amide bonds. The number of aromatic nitrogens is 1. The van der Waals surface area contributed by atoms with Gasteiger partial charge in [0, 0.05) is 50.1 Å². The summed E-state index contributed by atoms with van der Waals surface area (Å²) in [6, 6.07) is 17.5. The lowest BCUT2D eigenvalue weighted by atomic mass is 10.0. The van der Waals surface area contributed by atoms with Gasteiger partial charge in [0.2, 0.25) is 6.29 Å². The second kappa shape index (κ2) is 12.4. The zero-order chi connectivity index (χ0) is 27.2. The van der Waals surface area contributed by atoms with Gasteiger partial charge in [0.05, 0.1) is 24.7 Å². The number of fused-ring (bicyclic) bond motifs is 1. The van der Waals surface area contributed by atoms with Crippen molar-refractivity contribution in [3.8, 4) is 5.75 Å². The molecule has 5 rings (SSSR count). The smallest absolute Gasteiger partial charge is 0.251 e. The van der Waals surface area contributed by atoms with Gasteiger partial charge in [-0.25, -0.2) is 0 Å². The SMILES string of the molecule is CNC(=O)c1cc(=O)n(CCN2CCC(NCC3=COC(Cc4ccccc4)O3)CC2)c2cc(OC)ccc12. The summed E-state index contributed by atoms with van der Waals surface area (Å²) in [7, 11) is 3.16. The molecular formula is C30H36N4O5. The minimum Gasteiger partial charge on any atom is -0.497 e. The molecule has 3 heterocycles. The van der Waals surface area contributed by atoms with Gasteiger partial charge in [-0.15, -0.1) is 0 Å². The predicted octanol–water partition coefficient (Wildman–Crippen LogP) is 2.88. The van der Waals surface area contributed by atoms with E-state index in [9.17, 15) is 9.59 Å². The van der Waals surface area contributed by atoms with Gasteiger partial charge in [-0.1, -0.05) is 30.3 Å². The molecule has 9 heteroatoms. The quantitative estimate of drug-likeness (QED) is 0.415. The molecule has 0 bridgehead atoms. The molecule has 1 fully saturated rings. The van der Waals surface area contributed by atoms with Gasteiger partial charge in [-0.05, 0) is 43.6 Å². The minimum atomic E-state index is -0.277. The molecule has 2 aliphatic rings. The summed E-state index contributed by atoms with van der Waals surface area (Å²) in [5, 5.41) is 6.96. The summed E-state index contributed by atoms with van der Waals surface area (Å²) in [6.07, 6.45) is 4.21. The van der Waals surface area contributed by atoms with Gasteiger partial charge in [-0.3, -0.25) is 9.59 Å². The molecule has 0 aliphatic carbocycles. The number of pyridine rings is 1. The Bertz CT molecular complexity index is 1380. The Hall–Kier alpha value is -3.82. The number of carbonyl (C=O) groups excluding carboxylic acids is 1. The standard InChI is InChI=1S/C30H36N4O5/c1-31-30(36)26-18-28(35)34(27-17-23(37-2)8-9-25(26)27)15-14-33-12-10-22(11-13-33)32-19-24-20-38-29(39-24)16-21-6-4-3-5-7-21/h3-9,17-18,20,22,29,32H,10-16,19H2,1-2H3,(H,31,36). The Labute approximate surface area is 228 Å². The van der Waals surface area contributed by atoms with E-state index in [1.54, 1.807) is 25.0 Å². The van der Waals surface area contributed by atoms with Crippen LogP contribution in [0.4, 0.5) is 0 Å². The number of nitrogens with one attached hydrogen (secondary N) is 2. The van der Waals surface area contributed by atoms with Gasteiger partial charge in [-0.2, -0.15) is 0 Å². The molecule has 1 saturated heterocycles. The van der Waals surface area contributed by atoms with Crippen LogP contribution in [0.1, 0.15) is 28.8 Å². The number of likely N-dealkylation sites (tertiary alicyclic amines) is 1. The second-order valence-corrected chi connectivity index (χ2v) is 9.96. The van der Waals surface area contributed by atoms with E-state index < -0.39 is 0 Å². The predicted molar refractivity (Wildman–Crippen MR) is 150 cm³/mol. The number of rotatable bonds is 10. The lowest BCUT2D eigenvalue weighted by Crippen LogP contribution is -2.44. The van der Waals surface area contributed by atoms with Crippen molar-refractivity contribution in [3.05, 3.63) is 88.1 Å². The second-order valence-electron chi connectivity index (χ2n) is 9.96. The molecule has 3 aromatic rings. The van der Waals surface area contributed by atoms with E-state index in [0.29, 0.717) is 36.0 Å². The minimum absolute atomic E-state index is 0.191. The summed E-state index contributed by atoms with van der Waals surface area (Å²) in [4.78, 5) is 27.8. The van der Waals surface area contributed by atoms with Gasteiger partial charge < -0.3 is 34.3 Å². The Morgan fingerprint density at radius 3 is 2.62 bits per heavy atom. The van der Waals surface area contributed by atoms with Gasteiger partial charge >= 0.3 is 0 Å². The molecule has 206 valence electrons. The van der Waals surface area contributed by atoms with Crippen LogP contribution in [0.25, 0.3) is 10.9 Å². The van der Waals surface area contributed by atoms with Gasteiger partial charge in [0.15, 0.2) is 0 Å². The fourth-order valence-electron chi connectivity index (χ4n) is 5.24. The van der Waals surface area contributed by atoms with E-state index in [4.69, 9.17) is 14.2 Å². The van der Waals surface area contributed by atoms with Gasteiger partial charge in [0.25, 0.3) is 11.5 Å². The van der Waals surface area contributed by atoms with E-state index in [2.05, 4.69) is 27.7 Å². The third kappa shape index (κ3) is 6.43. The molecular weight excluding hydrogens is 496 g/mol. The number of methoxy groups -OCH3 is 1. The first kappa shape index (κ1) is 26.8. The van der Waals surface area contributed by atoms with Crippen LogP contribution in [-0.4, -0.2) is 68.0 Å². The summed E-state index contributed by atoms with van der Waals surface area (Å²) in [6.45, 7) is 3.82. The van der Waals surface area contributed by atoms with Crippen molar-refractivity contribution in [2.24, 2.45) is 0 Å². The topological polar surface area (TPSA) is 94.1 Å². The van der Waals surface area contributed by atoms with Crippen LogP contribution >= 0.6 is 0 Å². The lowest BCUT2D eigenvalue weighted by molar-refractivity contribution is -0.0310. The lowest BCUT2D eigenvalue weighted by Gasteiger charge is -2.32. The van der Waals surface area contributed by atoms with Crippen molar-refractivity contribution in [3.63, 3.8) is 0 Å². The Balaban J connectivity index is 1.12. The highest BCUT2D eigenvalue weighted by Gasteiger charge is 2.23. The molecule has 9 nitrogen and oxygen atoms in total. The van der Waals surface area contributed by atoms with Gasteiger partial charge in [0.1, 0.15) is 17.8 Å². The zero-order valence-corrected chi connectivity index (χ0v) is 22.5. The van der Waals surface area contributed by atoms with Crippen LogP contribution < -0.4 is 20.9 Å². The molecule has 39 heavy (non-hydrogen) atoms. The number of carbonyl (C=O) groups is 1. The molecule has 2 aliphatic heterocycles. The number of benzene rings is 2. The third-order valence-electron chi connectivity index (χ3n) is 7.46. The van der Waals surface area contributed by atoms with Crippen molar-refractivity contribution in [2.75, 3.05) is 40.3 Å². The average Bonchev–Trinajstić information content (AvgIpc) is 3.42. The van der Waals surface area contributed by atoms with Crippen molar-refractivity contribution in [1.29, 1.82) is 0 Å². The maximum atomic E-state index is 13.0. The highest BCUT2D eigenvalue weighted by Crippen LogP contribution is 2.23. The first-order chi connectivity index (χ1) is 19.0. The average molecular weight is 533 g/mol. The van der Waals surface area contributed by atoms with E-state index >= 15 is 0 Å². The summed E-state index contributed by atoms with van der Waals surface area (Å²) in [5.74, 6) is 1.20. The maximum Gasteiger partial charge on any atom is 0.251 e. The van der Waals surface area contributed by atoms with E-state index in [0.717, 1.165) is 50.0 Å². The van der Waals surface area contributed by atoms with Crippen molar-refractivity contribution < 1.29 is 19.0 Å². The van der Waals surface area contributed by atoms with Crippen LogP contribution in [0, 0.1) is 0 Å². The molecule has 1 unspecified atom stereocenters. The van der Waals surface area contributed by atoms with Crippen molar-refractivity contribution in [2.45, 2.75) is 38.1 Å². The molecule has 1 atom stereocenters. The number of piperidine rings is 1. The third-order valence-corrected chi connectivity index (χ3v) is 7.46. The van der Waals surface area contributed by atoms with Crippen LogP contribution in [-0.2, 0) is 22.4 Å². The van der Waals surface area contributed by atoms with Crippen molar-refractivity contribution in [1.82, 2.24) is 20.1 Å². The van der Waals surface area contributed by atoms with Crippen LogP contribution in [0.3, 0.4) is 0 Å². The normalized spacial score (nSPS) is 17.9. The van der Waals surface area contributed by atoms with E-state index in [1.165, 1.54) is 11.6 Å². The molecule has 2 N–H and O–H groups in total. The molecule has 0 radical (unpaired) electrons. The Morgan fingerprint density at radius 2 is 1.87 bits per heavy atom. The molecule has 0 saturated carbocycles. The van der Waals surface area contributed by atoms with Crippen molar-refractivity contribution >= 4 is 16.8 Å². The molecule has 1 aromatic heterocycles. The van der Waals surface area contributed by atoms with Crippen LogP contribution in [0.5, 0.6) is 5.75 Å². The van der Waals surface area contributed by atoms with Crippen LogP contribution in [0.15, 0.2) is 71.4 Å². The number of nitrogens with zero attached hydrogens (tertiary/aromatic N) is 2.